The maximum atomic E-state index is 14.1. The minimum absolute atomic E-state index is 0.0845. The lowest BCUT2D eigenvalue weighted by Gasteiger charge is -2.29. The SMILES string of the molecule is FC(F)(F)C1(c2cc(Cl)cc(Cl)c2)CC(c2ccc3c(c2)CCC3(Cl)Cl)=NO1. The molecule has 2 aromatic rings. The number of rotatable bonds is 2. The highest BCUT2D eigenvalue weighted by molar-refractivity contribution is 6.48. The van der Waals surface area contributed by atoms with Crippen LogP contribution in [0.4, 0.5) is 13.2 Å². The number of benzene rings is 2. The van der Waals surface area contributed by atoms with E-state index in [2.05, 4.69) is 5.16 Å². The van der Waals surface area contributed by atoms with E-state index >= 15 is 0 Å². The van der Waals surface area contributed by atoms with Crippen molar-refractivity contribution in [2.75, 3.05) is 0 Å². The molecule has 0 radical (unpaired) electrons. The third kappa shape index (κ3) is 3.26. The summed E-state index contributed by atoms with van der Waals surface area (Å²) in [4.78, 5) is 5.02. The van der Waals surface area contributed by atoms with Gasteiger partial charge in [-0.05, 0) is 53.8 Å². The normalized spacial score (nSPS) is 23.3. The topological polar surface area (TPSA) is 21.6 Å². The van der Waals surface area contributed by atoms with Gasteiger partial charge in [0.15, 0.2) is 0 Å². The number of hydrogen-bond donors (Lipinski definition) is 0. The molecule has 2 aromatic carbocycles. The molecule has 2 aliphatic rings. The molecular weight excluding hydrogens is 457 g/mol. The van der Waals surface area contributed by atoms with E-state index in [1.807, 2.05) is 0 Å². The Kier molecular flexibility index (Phi) is 4.82. The van der Waals surface area contributed by atoms with Gasteiger partial charge in [0, 0.05) is 22.0 Å². The van der Waals surface area contributed by atoms with Crippen molar-refractivity contribution in [1.29, 1.82) is 0 Å². The van der Waals surface area contributed by atoms with Crippen molar-refractivity contribution in [2.24, 2.45) is 5.16 Å². The van der Waals surface area contributed by atoms with E-state index in [4.69, 9.17) is 51.2 Å². The van der Waals surface area contributed by atoms with E-state index in [-0.39, 0.29) is 21.3 Å². The molecule has 1 atom stereocenters. The van der Waals surface area contributed by atoms with Gasteiger partial charge in [0.1, 0.15) is 4.33 Å². The van der Waals surface area contributed by atoms with E-state index in [1.165, 1.54) is 18.2 Å². The molecule has 28 heavy (non-hydrogen) atoms. The number of oxime groups is 1. The summed E-state index contributed by atoms with van der Waals surface area (Å²) in [6, 6.07) is 8.89. The van der Waals surface area contributed by atoms with Crippen LogP contribution in [0.5, 0.6) is 0 Å². The Morgan fingerprint density at radius 2 is 1.68 bits per heavy atom. The molecule has 0 saturated carbocycles. The second-order valence-corrected chi connectivity index (χ2v) is 9.22. The fourth-order valence-corrected chi connectivity index (χ4v) is 4.69. The second kappa shape index (κ2) is 6.69. The monoisotopic (exact) mass is 467 g/mol. The number of fused-ring (bicyclic) bond motifs is 1. The number of nitrogens with zero attached hydrogens (tertiary/aromatic N) is 1. The first kappa shape index (κ1) is 20.1. The average molecular weight is 469 g/mol. The summed E-state index contributed by atoms with van der Waals surface area (Å²) in [5, 5.41) is 3.94. The third-order valence-corrected chi connectivity index (χ3v) is 6.28. The van der Waals surface area contributed by atoms with Gasteiger partial charge in [0.2, 0.25) is 0 Å². The molecule has 1 aliphatic heterocycles. The zero-order valence-corrected chi connectivity index (χ0v) is 17.1. The van der Waals surface area contributed by atoms with E-state index in [0.29, 0.717) is 18.4 Å². The maximum Gasteiger partial charge on any atom is 0.435 e. The van der Waals surface area contributed by atoms with Crippen LogP contribution in [0, 0.1) is 0 Å². The van der Waals surface area contributed by atoms with Crippen LogP contribution < -0.4 is 0 Å². The third-order valence-electron chi connectivity index (χ3n) is 5.06. The summed E-state index contributed by atoms with van der Waals surface area (Å²) in [5.74, 6) is 0. The van der Waals surface area contributed by atoms with Gasteiger partial charge >= 0.3 is 6.18 Å². The quantitative estimate of drug-likeness (QED) is 0.428. The van der Waals surface area contributed by atoms with E-state index in [1.54, 1.807) is 18.2 Å². The Hall–Kier alpha value is -1.14. The molecule has 0 saturated heterocycles. The van der Waals surface area contributed by atoms with E-state index in [0.717, 1.165) is 11.1 Å². The van der Waals surface area contributed by atoms with Crippen LogP contribution in [-0.4, -0.2) is 11.9 Å². The zero-order chi connectivity index (χ0) is 20.3. The molecule has 0 N–H and O–H groups in total. The van der Waals surface area contributed by atoms with Crippen LogP contribution in [0.25, 0.3) is 0 Å². The molecule has 0 amide bonds. The summed E-state index contributed by atoms with van der Waals surface area (Å²) in [7, 11) is 0. The molecule has 0 bridgehead atoms. The van der Waals surface area contributed by atoms with E-state index < -0.39 is 22.5 Å². The van der Waals surface area contributed by atoms with Crippen molar-refractivity contribution in [3.63, 3.8) is 0 Å². The highest BCUT2D eigenvalue weighted by Gasteiger charge is 2.62. The molecule has 0 spiro atoms. The van der Waals surface area contributed by atoms with Crippen LogP contribution >= 0.6 is 46.4 Å². The molecule has 0 aromatic heterocycles. The Balaban J connectivity index is 1.72. The molecular formula is C19H12Cl4F3NO. The van der Waals surface area contributed by atoms with Gasteiger partial charge in [-0.1, -0.05) is 63.7 Å². The smallest absolute Gasteiger partial charge is 0.374 e. The van der Waals surface area contributed by atoms with E-state index in [9.17, 15) is 13.2 Å². The lowest BCUT2D eigenvalue weighted by atomic mass is 9.86. The molecule has 0 fully saturated rings. The fourth-order valence-electron chi connectivity index (χ4n) is 3.61. The van der Waals surface area contributed by atoms with Crippen LogP contribution in [0.1, 0.15) is 35.1 Å². The summed E-state index contributed by atoms with van der Waals surface area (Å²) in [6.07, 6.45) is -4.05. The molecule has 2 nitrogen and oxygen atoms in total. The Bertz CT molecular complexity index is 969. The lowest BCUT2D eigenvalue weighted by molar-refractivity contribution is -0.275. The Labute approximate surface area is 179 Å². The van der Waals surface area contributed by atoms with Gasteiger partial charge in [0.25, 0.3) is 5.60 Å². The van der Waals surface area contributed by atoms with Crippen LogP contribution in [0.2, 0.25) is 10.0 Å². The minimum Gasteiger partial charge on any atom is -0.374 e. The maximum absolute atomic E-state index is 14.1. The number of hydrogen-bond acceptors (Lipinski definition) is 2. The molecule has 1 unspecified atom stereocenters. The largest absolute Gasteiger partial charge is 0.435 e. The summed E-state index contributed by atoms with van der Waals surface area (Å²) in [5.41, 5.74) is -0.485. The van der Waals surface area contributed by atoms with Crippen LogP contribution in [0.15, 0.2) is 41.6 Å². The van der Waals surface area contributed by atoms with Crippen molar-refractivity contribution in [1.82, 2.24) is 0 Å². The zero-order valence-electron chi connectivity index (χ0n) is 14.1. The van der Waals surface area contributed by atoms with Crippen molar-refractivity contribution in [3.8, 4) is 0 Å². The predicted octanol–water partition coefficient (Wildman–Crippen LogP) is 7.15. The molecule has 148 valence electrons. The van der Waals surface area contributed by atoms with Gasteiger partial charge < -0.3 is 4.84 Å². The second-order valence-electron chi connectivity index (χ2n) is 6.87. The first-order chi connectivity index (χ1) is 13.0. The van der Waals surface area contributed by atoms with Crippen molar-refractivity contribution in [2.45, 2.75) is 35.4 Å². The fraction of sp³-hybridized carbons (Fsp3) is 0.316. The van der Waals surface area contributed by atoms with Gasteiger partial charge in [-0.15, -0.1) is 0 Å². The molecule has 9 heteroatoms. The first-order valence-electron chi connectivity index (χ1n) is 8.32. The number of alkyl halides is 5. The number of halogens is 7. The summed E-state index contributed by atoms with van der Waals surface area (Å²) < 4.78 is 41.2. The molecule has 1 heterocycles. The van der Waals surface area contributed by atoms with Crippen molar-refractivity contribution < 1.29 is 18.0 Å². The Morgan fingerprint density at radius 3 is 2.32 bits per heavy atom. The van der Waals surface area contributed by atoms with Gasteiger partial charge in [-0.2, -0.15) is 13.2 Å². The standard InChI is InChI=1S/C19H12Cl4F3NO/c20-13-6-12(7-14(21)8-13)17(19(24,25)26)9-16(27-28-17)11-1-2-15-10(5-11)3-4-18(15,22)23/h1-2,5-8H,3-4,9H2. The molecule has 1 aliphatic carbocycles. The molecule has 4 rings (SSSR count). The predicted molar refractivity (Wildman–Crippen MR) is 105 cm³/mol. The lowest BCUT2D eigenvalue weighted by Crippen LogP contribution is -2.42. The van der Waals surface area contributed by atoms with Crippen LogP contribution in [0.3, 0.4) is 0 Å². The van der Waals surface area contributed by atoms with Gasteiger partial charge in [0.05, 0.1) is 5.71 Å². The highest BCUT2D eigenvalue weighted by Crippen LogP contribution is 2.50. The highest BCUT2D eigenvalue weighted by atomic mass is 35.5. The number of aryl methyl sites for hydroxylation is 1. The van der Waals surface area contributed by atoms with Crippen molar-refractivity contribution in [3.05, 3.63) is 68.7 Å². The van der Waals surface area contributed by atoms with Gasteiger partial charge in [-0.3, -0.25) is 0 Å². The van der Waals surface area contributed by atoms with Crippen molar-refractivity contribution >= 4 is 52.1 Å². The average Bonchev–Trinajstić information content (AvgIpc) is 3.16. The summed E-state index contributed by atoms with van der Waals surface area (Å²) in [6.45, 7) is 0. The Morgan fingerprint density at radius 1 is 1.00 bits per heavy atom. The van der Waals surface area contributed by atoms with Gasteiger partial charge in [-0.25, -0.2) is 0 Å². The summed E-state index contributed by atoms with van der Waals surface area (Å²) >= 11 is 24.4. The first-order valence-corrected chi connectivity index (χ1v) is 9.83. The van der Waals surface area contributed by atoms with Crippen LogP contribution in [-0.2, 0) is 21.2 Å². The minimum atomic E-state index is -4.73.